The van der Waals surface area contributed by atoms with Crippen molar-refractivity contribution in [3.8, 4) is 6.07 Å². The molecule has 1 rings (SSSR count). The Morgan fingerprint density at radius 2 is 2.31 bits per heavy atom. The van der Waals surface area contributed by atoms with Gasteiger partial charge < -0.3 is 4.74 Å². The number of benzene rings is 1. The van der Waals surface area contributed by atoms with Crippen molar-refractivity contribution in [2.75, 3.05) is 6.61 Å². The third-order valence-corrected chi connectivity index (χ3v) is 1.46. The lowest BCUT2D eigenvalue weighted by atomic mass is 10.2. The molecule has 1 aromatic rings. The second-order valence-corrected chi connectivity index (χ2v) is 2.32. The van der Waals surface area contributed by atoms with Gasteiger partial charge in [0.2, 0.25) is 0 Å². The first-order valence-electron chi connectivity index (χ1n) is 4.01. The normalized spacial score (nSPS) is 9.85. The van der Waals surface area contributed by atoms with Gasteiger partial charge in [-0.1, -0.05) is 12.1 Å². The minimum atomic E-state index is 0.554. The third kappa shape index (κ3) is 2.60. The van der Waals surface area contributed by atoms with Crippen molar-refractivity contribution in [3.05, 3.63) is 29.8 Å². The Bertz CT molecular complexity index is 339. The van der Waals surface area contributed by atoms with Crippen LogP contribution in [-0.4, -0.2) is 13.0 Å². The fraction of sp³-hybridized carbons (Fsp3) is 0.200. The van der Waals surface area contributed by atoms with Crippen LogP contribution in [0.4, 0.5) is 5.69 Å². The van der Waals surface area contributed by atoms with Crippen LogP contribution >= 0.6 is 0 Å². The number of hydrogen-bond acceptors (Lipinski definition) is 3. The molecule has 0 saturated carbocycles. The van der Waals surface area contributed by atoms with E-state index >= 15 is 0 Å². The maximum absolute atomic E-state index is 8.71. The van der Waals surface area contributed by atoms with E-state index in [2.05, 4.69) is 11.1 Å². The predicted octanol–water partition coefficient (Wildman–Crippen LogP) is 2.25. The summed E-state index contributed by atoms with van der Waals surface area (Å²) in [7, 11) is 0. The first kappa shape index (κ1) is 9.27. The minimum Gasteiger partial charge on any atom is -0.483 e. The van der Waals surface area contributed by atoms with Crippen LogP contribution in [0.5, 0.6) is 0 Å². The lowest BCUT2D eigenvalue weighted by molar-refractivity contribution is 0.344. The molecule has 3 heteroatoms. The number of rotatable bonds is 3. The molecule has 0 N–H and O–H groups in total. The van der Waals surface area contributed by atoms with Gasteiger partial charge in [-0.25, -0.2) is 4.99 Å². The summed E-state index contributed by atoms with van der Waals surface area (Å²) >= 11 is 0. The summed E-state index contributed by atoms with van der Waals surface area (Å²) < 4.78 is 4.94. The molecule has 0 aliphatic heterocycles. The summed E-state index contributed by atoms with van der Waals surface area (Å²) in [6, 6.07) is 9.18. The molecule has 0 heterocycles. The van der Waals surface area contributed by atoms with Gasteiger partial charge >= 0.3 is 0 Å². The van der Waals surface area contributed by atoms with Crippen molar-refractivity contribution in [1.82, 2.24) is 0 Å². The molecule has 1 aromatic carbocycles. The largest absolute Gasteiger partial charge is 0.483 e. The monoisotopic (exact) mass is 174 g/mol. The molecule has 0 aliphatic carbocycles. The SMILES string of the molecule is CCOC=Nc1ccccc1C#N. The molecule has 0 unspecified atom stereocenters. The van der Waals surface area contributed by atoms with Crippen molar-refractivity contribution in [2.24, 2.45) is 4.99 Å². The molecule has 0 atom stereocenters. The van der Waals surface area contributed by atoms with Gasteiger partial charge in [-0.05, 0) is 19.1 Å². The standard InChI is InChI=1S/C10H10N2O/c1-2-13-8-12-10-6-4-3-5-9(10)7-11/h3-6,8H,2H2,1H3. The van der Waals surface area contributed by atoms with Gasteiger partial charge in [0.1, 0.15) is 6.07 Å². The smallest absolute Gasteiger partial charge is 0.174 e. The second kappa shape index (κ2) is 4.94. The molecule has 3 nitrogen and oxygen atoms in total. The van der Waals surface area contributed by atoms with Crippen LogP contribution in [0.2, 0.25) is 0 Å². The molecule has 13 heavy (non-hydrogen) atoms. The Labute approximate surface area is 77.3 Å². The fourth-order valence-electron chi connectivity index (χ4n) is 0.849. The fourth-order valence-corrected chi connectivity index (χ4v) is 0.849. The number of para-hydroxylation sites is 1. The highest BCUT2D eigenvalue weighted by molar-refractivity contribution is 5.61. The zero-order valence-electron chi connectivity index (χ0n) is 7.40. The maximum atomic E-state index is 8.71. The van der Waals surface area contributed by atoms with Crippen molar-refractivity contribution < 1.29 is 4.74 Å². The van der Waals surface area contributed by atoms with Gasteiger partial charge in [0.15, 0.2) is 6.40 Å². The van der Waals surface area contributed by atoms with E-state index in [9.17, 15) is 0 Å². The van der Waals surface area contributed by atoms with Crippen molar-refractivity contribution in [3.63, 3.8) is 0 Å². The maximum Gasteiger partial charge on any atom is 0.174 e. The summed E-state index contributed by atoms with van der Waals surface area (Å²) in [6.07, 6.45) is 1.36. The first-order valence-corrected chi connectivity index (χ1v) is 4.01. The van der Waals surface area contributed by atoms with Crippen LogP contribution in [0.3, 0.4) is 0 Å². The zero-order valence-corrected chi connectivity index (χ0v) is 7.40. The van der Waals surface area contributed by atoms with Gasteiger partial charge in [0.05, 0.1) is 17.9 Å². The Hall–Kier alpha value is -1.82. The van der Waals surface area contributed by atoms with Gasteiger partial charge in [0, 0.05) is 0 Å². The molecule has 0 saturated heterocycles. The number of aliphatic imine (C=N–C) groups is 1. The van der Waals surface area contributed by atoms with E-state index in [1.54, 1.807) is 18.2 Å². The van der Waals surface area contributed by atoms with Crippen LogP contribution in [-0.2, 0) is 4.74 Å². The first-order chi connectivity index (χ1) is 6.38. The highest BCUT2D eigenvalue weighted by Crippen LogP contribution is 2.16. The number of nitrogens with zero attached hydrogens (tertiary/aromatic N) is 2. The van der Waals surface area contributed by atoms with Gasteiger partial charge in [-0.2, -0.15) is 5.26 Å². The van der Waals surface area contributed by atoms with Gasteiger partial charge in [-0.3, -0.25) is 0 Å². The second-order valence-electron chi connectivity index (χ2n) is 2.32. The van der Waals surface area contributed by atoms with E-state index in [1.165, 1.54) is 6.40 Å². The minimum absolute atomic E-state index is 0.554. The summed E-state index contributed by atoms with van der Waals surface area (Å²) in [4.78, 5) is 4.00. The molecule has 0 radical (unpaired) electrons. The Balaban J connectivity index is 2.82. The number of hydrogen-bond donors (Lipinski definition) is 0. The Morgan fingerprint density at radius 1 is 1.54 bits per heavy atom. The van der Waals surface area contributed by atoms with Gasteiger partial charge in [-0.15, -0.1) is 0 Å². The van der Waals surface area contributed by atoms with E-state index in [0.717, 1.165) is 0 Å². The van der Waals surface area contributed by atoms with Crippen LogP contribution < -0.4 is 0 Å². The van der Waals surface area contributed by atoms with E-state index in [4.69, 9.17) is 10.00 Å². The number of ether oxygens (including phenoxy) is 1. The van der Waals surface area contributed by atoms with Crippen LogP contribution in [0.1, 0.15) is 12.5 Å². The van der Waals surface area contributed by atoms with E-state index < -0.39 is 0 Å². The van der Waals surface area contributed by atoms with Gasteiger partial charge in [0.25, 0.3) is 0 Å². The van der Waals surface area contributed by atoms with E-state index in [-0.39, 0.29) is 0 Å². The average Bonchev–Trinajstić information content (AvgIpc) is 2.19. The topological polar surface area (TPSA) is 45.4 Å². The molecule has 66 valence electrons. The highest BCUT2D eigenvalue weighted by atomic mass is 16.5. The zero-order chi connectivity index (χ0) is 9.52. The van der Waals surface area contributed by atoms with Crippen molar-refractivity contribution >= 4 is 12.1 Å². The molecule has 0 aromatic heterocycles. The molecular formula is C10H10N2O. The Kier molecular flexibility index (Phi) is 3.52. The Morgan fingerprint density at radius 3 is 3.00 bits per heavy atom. The van der Waals surface area contributed by atoms with E-state index in [0.29, 0.717) is 17.9 Å². The van der Waals surface area contributed by atoms with Crippen LogP contribution in [0, 0.1) is 11.3 Å². The molecule has 0 fully saturated rings. The average molecular weight is 174 g/mol. The summed E-state index contributed by atoms with van der Waals surface area (Å²) in [6.45, 7) is 2.46. The highest BCUT2D eigenvalue weighted by Gasteiger charge is 1.95. The molecular weight excluding hydrogens is 164 g/mol. The van der Waals surface area contributed by atoms with E-state index in [1.807, 2.05) is 13.0 Å². The predicted molar refractivity (Wildman–Crippen MR) is 50.9 cm³/mol. The molecule has 0 spiro atoms. The third-order valence-electron chi connectivity index (χ3n) is 1.46. The molecule has 0 bridgehead atoms. The lowest BCUT2D eigenvalue weighted by Crippen LogP contribution is -1.84. The van der Waals surface area contributed by atoms with Crippen LogP contribution in [0.15, 0.2) is 29.3 Å². The summed E-state index contributed by atoms with van der Waals surface area (Å²) in [5.41, 5.74) is 1.19. The number of nitriles is 1. The van der Waals surface area contributed by atoms with Crippen molar-refractivity contribution in [1.29, 1.82) is 5.26 Å². The summed E-state index contributed by atoms with van der Waals surface area (Å²) in [5.74, 6) is 0. The molecule has 0 aliphatic rings. The lowest BCUT2D eigenvalue weighted by Gasteiger charge is -1.95. The summed E-state index contributed by atoms with van der Waals surface area (Å²) in [5, 5.41) is 8.71. The van der Waals surface area contributed by atoms with Crippen molar-refractivity contribution in [2.45, 2.75) is 6.92 Å². The molecule has 0 amide bonds. The van der Waals surface area contributed by atoms with Crippen LogP contribution in [0.25, 0.3) is 0 Å². The quantitative estimate of drug-likeness (QED) is 0.521.